The highest BCUT2D eigenvalue weighted by Gasteiger charge is 2.32. The molecule has 6 aromatic rings. The maximum absolute atomic E-state index is 6.78. The Labute approximate surface area is 298 Å². The van der Waals surface area contributed by atoms with Gasteiger partial charge in [0.1, 0.15) is 17.3 Å². The van der Waals surface area contributed by atoms with Gasteiger partial charge in [0.15, 0.2) is 0 Å². The van der Waals surface area contributed by atoms with Crippen molar-refractivity contribution in [1.29, 1.82) is 0 Å². The van der Waals surface area contributed by atoms with E-state index in [1.165, 1.54) is 65.3 Å². The average molecular weight is 665 g/mol. The lowest BCUT2D eigenvalue weighted by Crippen LogP contribution is -2.19. The van der Waals surface area contributed by atoms with Crippen LogP contribution in [0.3, 0.4) is 0 Å². The van der Waals surface area contributed by atoms with Crippen LogP contribution in [0.2, 0.25) is 0 Å². The molecule has 1 aliphatic rings. The van der Waals surface area contributed by atoms with Crippen LogP contribution >= 0.6 is 0 Å². The van der Waals surface area contributed by atoms with E-state index in [-0.39, 0.29) is 0 Å². The van der Waals surface area contributed by atoms with Crippen molar-refractivity contribution in [3.05, 3.63) is 119 Å². The quantitative estimate of drug-likeness (QED) is 0.129. The first-order chi connectivity index (χ1) is 24.3. The maximum Gasteiger partial charge on any atom is 0.137 e. The van der Waals surface area contributed by atoms with Crippen molar-refractivity contribution in [3.63, 3.8) is 0 Å². The standard InChI is InChI=1S/C45H52N4O/c1-8-11-15-32-22-23-46-43(24-32)48-41-19-13-12-18-39(41)40-21-20-37(28-42(40)48)50-38-26-35(29(4)5)25-36(27-38)49-31(7)44(30(6)47-49)45-33(9-2)16-14-17-34(45)10-3/h12-13,16,18-29,34,45H,8-11,14-15,17H2,1-7H3/t34-,45?/m0/s1. The van der Waals surface area contributed by atoms with Gasteiger partial charge in [0.05, 0.1) is 22.4 Å². The number of hydrogen-bond acceptors (Lipinski definition) is 3. The van der Waals surface area contributed by atoms with Crippen molar-refractivity contribution in [2.75, 3.05) is 0 Å². The van der Waals surface area contributed by atoms with Gasteiger partial charge in [-0.25, -0.2) is 9.67 Å². The zero-order valence-electron chi connectivity index (χ0n) is 31.0. The summed E-state index contributed by atoms with van der Waals surface area (Å²) in [6, 6.07) is 26.1. The smallest absolute Gasteiger partial charge is 0.137 e. The minimum Gasteiger partial charge on any atom is -0.457 e. The molecular formula is C45H52N4O. The first-order valence-corrected chi connectivity index (χ1v) is 18.9. The Morgan fingerprint density at radius 2 is 1.70 bits per heavy atom. The van der Waals surface area contributed by atoms with E-state index in [1.54, 1.807) is 5.57 Å². The summed E-state index contributed by atoms with van der Waals surface area (Å²) >= 11 is 0. The molecule has 0 saturated heterocycles. The molecule has 50 heavy (non-hydrogen) atoms. The van der Waals surface area contributed by atoms with Crippen molar-refractivity contribution < 1.29 is 4.74 Å². The number of aryl methyl sites for hydroxylation is 2. The van der Waals surface area contributed by atoms with Crippen LogP contribution in [0.25, 0.3) is 33.3 Å². The van der Waals surface area contributed by atoms with Crippen molar-refractivity contribution in [2.24, 2.45) is 5.92 Å². The van der Waals surface area contributed by atoms with Gasteiger partial charge in [-0.3, -0.25) is 4.57 Å². The first kappa shape index (κ1) is 33.8. The normalized spacial score (nSPS) is 16.4. The molecule has 3 heterocycles. The number of benzene rings is 3. The minimum atomic E-state index is 0.335. The Balaban J connectivity index is 1.30. The van der Waals surface area contributed by atoms with E-state index in [0.717, 1.165) is 52.6 Å². The number of para-hydroxylation sites is 1. The van der Waals surface area contributed by atoms with Gasteiger partial charge in [-0.15, -0.1) is 0 Å². The summed E-state index contributed by atoms with van der Waals surface area (Å²) in [5.74, 6) is 4.00. The second-order valence-electron chi connectivity index (χ2n) is 14.5. The predicted octanol–water partition coefficient (Wildman–Crippen LogP) is 12.5. The Morgan fingerprint density at radius 3 is 2.48 bits per heavy atom. The fourth-order valence-electron chi connectivity index (χ4n) is 8.30. The second-order valence-corrected chi connectivity index (χ2v) is 14.5. The first-order valence-electron chi connectivity index (χ1n) is 18.9. The van der Waals surface area contributed by atoms with Crippen LogP contribution in [0.15, 0.2) is 90.6 Å². The van der Waals surface area contributed by atoms with E-state index >= 15 is 0 Å². The summed E-state index contributed by atoms with van der Waals surface area (Å²) in [4.78, 5) is 4.86. The van der Waals surface area contributed by atoms with Gasteiger partial charge in [-0.1, -0.05) is 77.3 Å². The van der Waals surface area contributed by atoms with Crippen molar-refractivity contribution in [3.8, 4) is 23.0 Å². The number of pyridine rings is 1. The molecule has 0 fully saturated rings. The molecule has 5 nitrogen and oxygen atoms in total. The van der Waals surface area contributed by atoms with Crippen LogP contribution in [0.4, 0.5) is 0 Å². The third-order valence-electron chi connectivity index (χ3n) is 11.0. The van der Waals surface area contributed by atoms with Gasteiger partial charge >= 0.3 is 0 Å². The van der Waals surface area contributed by atoms with E-state index in [4.69, 9.17) is 14.8 Å². The molecule has 0 aliphatic heterocycles. The fourth-order valence-corrected chi connectivity index (χ4v) is 8.30. The van der Waals surface area contributed by atoms with Gasteiger partial charge in [0, 0.05) is 46.3 Å². The monoisotopic (exact) mass is 664 g/mol. The second kappa shape index (κ2) is 14.3. The largest absolute Gasteiger partial charge is 0.457 e. The maximum atomic E-state index is 6.78. The number of hydrogen-bond donors (Lipinski definition) is 0. The predicted molar refractivity (Wildman–Crippen MR) is 209 cm³/mol. The minimum absolute atomic E-state index is 0.335. The van der Waals surface area contributed by atoms with Crippen LogP contribution in [0, 0.1) is 19.8 Å². The van der Waals surface area contributed by atoms with Crippen LogP contribution in [-0.2, 0) is 6.42 Å². The van der Waals surface area contributed by atoms with Crippen LogP contribution in [-0.4, -0.2) is 19.3 Å². The molecule has 1 unspecified atom stereocenters. The molecule has 258 valence electrons. The lowest BCUT2D eigenvalue weighted by atomic mass is 9.72. The Hall–Kier alpha value is -4.64. The van der Waals surface area contributed by atoms with E-state index < -0.39 is 0 Å². The van der Waals surface area contributed by atoms with E-state index in [2.05, 4.69) is 137 Å². The third-order valence-corrected chi connectivity index (χ3v) is 11.0. The van der Waals surface area contributed by atoms with Crippen LogP contribution < -0.4 is 4.74 Å². The third kappa shape index (κ3) is 6.27. The summed E-state index contributed by atoms with van der Waals surface area (Å²) in [6.45, 7) is 15.8. The summed E-state index contributed by atoms with van der Waals surface area (Å²) in [7, 11) is 0. The molecular weight excluding hydrogens is 613 g/mol. The molecule has 0 radical (unpaired) electrons. The van der Waals surface area contributed by atoms with Gasteiger partial charge in [-0.2, -0.15) is 5.10 Å². The average Bonchev–Trinajstić information content (AvgIpc) is 3.62. The van der Waals surface area contributed by atoms with Crippen molar-refractivity contribution in [2.45, 2.75) is 105 Å². The fraction of sp³-hybridized carbons (Fsp3) is 0.378. The molecule has 0 spiro atoms. The highest BCUT2D eigenvalue weighted by atomic mass is 16.5. The number of aromatic nitrogens is 4. The molecule has 1 aliphatic carbocycles. The Kier molecular flexibility index (Phi) is 9.68. The van der Waals surface area contributed by atoms with E-state index in [1.807, 2.05) is 6.20 Å². The highest BCUT2D eigenvalue weighted by molar-refractivity contribution is 6.09. The number of fused-ring (bicyclic) bond motifs is 3. The zero-order valence-corrected chi connectivity index (χ0v) is 31.0. The molecule has 3 aromatic heterocycles. The summed E-state index contributed by atoms with van der Waals surface area (Å²) in [5.41, 5.74) is 11.2. The Morgan fingerprint density at radius 1 is 0.880 bits per heavy atom. The Bertz CT molecular complexity index is 2180. The summed E-state index contributed by atoms with van der Waals surface area (Å²) < 4.78 is 11.2. The molecule has 5 heteroatoms. The topological polar surface area (TPSA) is 44.9 Å². The van der Waals surface area contributed by atoms with Crippen LogP contribution in [0.5, 0.6) is 11.5 Å². The molecule has 0 amide bonds. The number of ether oxygens (including phenoxy) is 1. The summed E-state index contributed by atoms with van der Waals surface area (Å²) in [6.07, 6.45) is 12.6. The van der Waals surface area contributed by atoms with Gasteiger partial charge in [0.25, 0.3) is 0 Å². The number of allylic oxidation sites excluding steroid dienone is 2. The lowest BCUT2D eigenvalue weighted by Gasteiger charge is -2.32. The molecule has 0 N–H and O–H groups in total. The molecule has 2 atom stereocenters. The number of unbranched alkanes of at least 4 members (excludes halogenated alkanes) is 1. The van der Waals surface area contributed by atoms with Crippen LogP contribution in [0.1, 0.15) is 113 Å². The lowest BCUT2D eigenvalue weighted by molar-refractivity contribution is 0.393. The van der Waals surface area contributed by atoms with Gasteiger partial charge in [-0.05, 0) is 111 Å². The highest BCUT2D eigenvalue weighted by Crippen LogP contribution is 2.45. The molecule has 3 aromatic carbocycles. The van der Waals surface area contributed by atoms with Crippen molar-refractivity contribution >= 4 is 21.8 Å². The van der Waals surface area contributed by atoms with Gasteiger partial charge in [0.2, 0.25) is 0 Å². The molecule has 0 saturated carbocycles. The molecule has 7 rings (SSSR count). The zero-order chi connectivity index (χ0) is 34.9. The van der Waals surface area contributed by atoms with E-state index in [9.17, 15) is 0 Å². The number of nitrogens with zero attached hydrogens (tertiary/aromatic N) is 4. The van der Waals surface area contributed by atoms with E-state index in [0.29, 0.717) is 17.8 Å². The SMILES string of the molecule is CCCCc1ccnc(-n2c3ccccc3c3ccc(Oc4cc(C(C)C)cc(-n5nc(C)c(C6C(CC)=CCC[C@@H]6CC)c5C)c4)cc32)c1. The number of rotatable bonds is 11. The summed E-state index contributed by atoms with van der Waals surface area (Å²) in [5, 5.41) is 7.60. The molecule has 0 bridgehead atoms. The van der Waals surface area contributed by atoms with Crippen molar-refractivity contribution in [1.82, 2.24) is 19.3 Å². The van der Waals surface area contributed by atoms with Gasteiger partial charge < -0.3 is 4.74 Å².